The summed E-state index contributed by atoms with van der Waals surface area (Å²) >= 11 is 18.3. The maximum atomic E-state index is 11.8. The number of halogens is 3. The van der Waals surface area contributed by atoms with Crippen LogP contribution in [-0.2, 0) is 13.2 Å². The molecule has 0 saturated heterocycles. The van der Waals surface area contributed by atoms with Crippen LogP contribution in [0.25, 0.3) is 11.1 Å². The third kappa shape index (κ3) is 5.28. The predicted molar refractivity (Wildman–Crippen MR) is 128 cm³/mol. The van der Waals surface area contributed by atoms with Crippen molar-refractivity contribution in [3.05, 3.63) is 111 Å². The fourth-order valence-corrected chi connectivity index (χ4v) is 4.16. The van der Waals surface area contributed by atoms with Crippen LogP contribution in [0.2, 0.25) is 15.1 Å². The average Bonchev–Trinajstić information content (AvgIpc) is 3.18. The summed E-state index contributed by atoms with van der Waals surface area (Å²) in [6.07, 6.45) is 1.82. The number of carbonyl (C=O) groups is 1. The Hall–Kier alpha value is -2.92. The molecule has 3 aromatic carbocycles. The van der Waals surface area contributed by atoms with Gasteiger partial charge >= 0.3 is 5.97 Å². The van der Waals surface area contributed by atoms with E-state index in [2.05, 4.69) is 0 Å². The minimum absolute atomic E-state index is 0.193. The molecule has 0 unspecified atom stereocenters. The summed E-state index contributed by atoms with van der Waals surface area (Å²) in [4.78, 5) is 11.8. The number of benzene rings is 3. The first-order chi connectivity index (χ1) is 15.4. The van der Waals surface area contributed by atoms with Gasteiger partial charge in [0.25, 0.3) is 0 Å². The van der Waals surface area contributed by atoms with E-state index in [1.54, 1.807) is 34.9 Å². The number of hydrogen-bond acceptors (Lipinski definition) is 2. The summed E-state index contributed by atoms with van der Waals surface area (Å²) in [5, 5.41) is 11.4. The molecule has 0 bridgehead atoms. The first-order valence-corrected chi connectivity index (χ1v) is 10.9. The van der Waals surface area contributed by atoms with Crippen molar-refractivity contribution in [3.63, 3.8) is 0 Å². The molecule has 1 N–H and O–H groups in total. The van der Waals surface area contributed by atoms with E-state index in [1.165, 1.54) is 0 Å². The van der Waals surface area contributed by atoms with Gasteiger partial charge in [0.15, 0.2) is 0 Å². The zero-order valence-electron chi connectivity index (χ0n) is 16.8. The van der Waals surface area contributed by atoms with Crippen molar-refractivity contribution in [2.24, 2.45) is 0 Å². The Morgan fingerprint density at radius 1 is 0.875 bits per heavy atom. The van der Waals surface area contributed by atoms with Crippen LogP contribution in [0.5, 0.6) is 5.75 Å². The molecule has 162 valence electrons. The first-order valence-electron chi connectivity index (χ1n) is 9.74. The minimum atomic E-state index is -0.997. The van der Waals surface area contributed by atoms with Crippen LogP contribution >= 0.6 is 34.8 Å². The molecule has 0 amide bonds. The molecule has 7 heteroatoms. The number of rotatable bonds is 7. The van der Waals surface area contributed by atoms with Crippen molar-refractivity contribution < 1.29 is 14.6 Å². The summed E-state index contributed by atoms with van der Waals surface area (Å²) in [5.74, 6) is -0.317. The van der Waals surface area contributed by atoms with Gasteiger partial charge in [-0.05, 0) is 59.2 Å². The first kappa shape index (κ1) is 22.3. The molecule has 0 atom stereocenters. The van der Waals surface area contributed by atoms with Crippen LogP contribution in [0.15, 0.2) is 79.0 Å². The van der Waals surface area contributed by atoms with Gasteiger partial charge < -0.3 is 14.4 Å². The third-order valence-corrected chi connectivity index (χ3v) is 5.73. The van der Waals surface area contributed by atoms with Gasteiger partial charge in [-0.1, -0.05) is 65.1 Å². The zero-order chi connectivity index (χ0) is 22.7. The van der Waals surface area contributed by atoms with E-state index < -0.39 is 5.97 Å². The number of nitrogens with zero attached hydrogens (tertiary/aromatic N) is 1. The SMILES string of the molecule is O=C(O)c1cc(-c2ccc(OCc3cc(Cl)cc(Cl)c3)cc2)cn1Cc1ccccc1Cl. The van der Waals surface area contributed by atoms with E-state index >= 15 is 0 Å². The van der Waals surface area contributed by atoms with Crippen LogP contribution in [0.4, 0.5) is 0 Å². The van der Waals surface area contributed by atoms with Gasteiger partial charge in [0.05, 0.1) is 0 Å². The van der Waals surface area contributed by atoms with Crippen LogP contribution in [0.1, 0.15) is 21.6 Å². The Kier molecular flexibility index (Phi) is 6.75. The van der Waals surface area contributed by atoms with E-state index in [1.807, 2.05) is 48.7 Å². The Morgan fingerprint density at radius 3 is 2.22 bits per heavy atom. The van der Waals surface area contributed by atoms with Crippen molar-refractivity contribution in [1.82, 2.24) is 4.57 Å². The maximum absolute atomic E-state index is 11.8. The second kappa shape index (κ2) is 9.70. The number of carboxylic acids is 1. The van der Waals surface area contributed by atoms with Gasteiger partial charge in [0.2, 0.25) is 0 Å². The lowest BCUT2D eigenvalue weighted by Gasteiger charge is -2.08. The highest BCUT2D eigenvalue weighted by Crippen LogP contribution is 2.27. The number of ether oxygens (including phenoxy) is 1. The normalized spacial score (nSPS) is 10.8. The van der Waals surface area contributed by atoms with Crippen LogP contribution in [-0.4, -0.2) is 15.6 Å². The molecule has 1 heterocycles. The summed E-state index contributed by atoms with van der Waals surface area (Å²) in [5.41, 5.74) is 3.59. The average molecular weight is 487 g/mol. The van der Waals surface area contributed by atoms with E-state index in [4.69, 9.17) is 39.5 Å². The lowest BCUT2D eigenvalue weighted by Crippen LogP contribution is -2.08. The number of carboxylic acid groups (broad SMARTS) is 1. The minimum Gasteiger partial charge on any atom is -0.489 e. The predicted octanol–water partition coefficient (Wildman–Crippen LogP) is 7.44. The van der Waals surface area contributed by atoms with Gasteiger partial charge in [0, 0.05) is 33.4 Å². The summed E-state index contributed by atoms with van der Waals surface area (Å²) in [6.45, 7) is 0.696. The van der Waals surface area contributed by atoms with Gasteiger partial charge in [-0.25, -0.2) is 4.79 Å². The molecule has 32 heavy (non-hydrogen) atoms. The molecule has 0 aliphatic carbocycles. The fraction of sp³-hybridized carbons (Fsp3) is 0.0800. The van der Waals surface area contributed by atoms with E-state index in [-0.39, 0.29) is 5.69 Å². The molecule has 0 saturated carbocycles. The molecule has 0 radical (unpaired) electrons. The molecule has 4 nitrogen and oxygen atoms in total. The second-order valence-corrected chi connectivity index (χ2v) is 8.51. The Bertz CT molecular complexity index is 1250. The standard InChI is InChI=1S/C25H18Cl3NO3/c26-20-9-16(10-21(27)12-20)15-32-22-7-5-17(6-8-22)19-11-24(25(30)31)29(14-19)13-18-3-1-2-4-23(18)28/h1-12,14H,13,15H2,(H,30,31). The molecule has 0 fully saturated rings. The van der Waals surface area contributed by atoms with Crippen LogP contribution in [0.3, 0.4) is 0 Å². The summed E-state index contributed by atoms with van der Waals surface area (Å²) in [7, 11) is 0. The van der Waals surface area contributed by atoms with Crippen molar-refractivity contribution in [3.8, 4) is 16.9 Å². The second-order valence-electron chi connectivity index (χ2n) is 7.23. The Morgan fingerprint density at radius 2 is 1.56 bits per heavy atom. The molecular formula is C25H18Cl3NO3. The van der Waals surface area contributed by atoms with Crippen molar-refractivity contribution in [2.75, 3.05) is 0 Å². The molecule has 4 rings (SSSR count). The van der Waals surface area contributed by atoms with Gasteiger partial charge in [-0.2, -0.15) is 0 Å². The van der Waals surface area contributed by atoms with E-state index in [0.29, 0.717) is 34.0 Å². The number of aromatic nitrogens is 1. The number of hydrogen-bond donors (Lipinski definition) is 1. The Labute approximate surface area is 200 Å². The topological polar surface area (TPSA) is 51.5 Å². The van der Waals surface area contributed by atoms with E-state index in [9.17, 15) is 9.90 Å². The third-order valence-electron chi connectivity index (χ3n) is 4.93. The lowest BCUT2D eigenvalue weighted by molar-refractivity contribution is 0.0685. The molecule has 0 aliphatic rings. The zero-order valence-corrected chi connectivity index (χ0v) is 19.0. The van der Waals surface area contributed by atoms with Crippen molar-refractivity contribution in [1.29, 1.82) is 0 Å². The fourth-order valence-electron chi connectivity index (χ4n) is 3.39. The molecule has 0 spiro atoms. The van der Waals surface area contributed by atoms with Gasteiger partial charge in [-0.15, -0.1) is 0 Å². The van der Waals surface area contributed by atoms with Crippen molar-refractivity contribution in [2.45, 2.75) is 13.2 Å². The highest BCUT2D eigenvalue weighted by Gasteiger charge is 2.15. The van der Waals surface area contributed by atoms with Crippen LogP contribution in [0, 0.1) is 0 Å². The van der Waals surface area contributed by atoms with Crippen LogP contribution < -0.4 is 4.74 Å². The highest BCUT2D eigenvalue weighted by molar-refractivity contribution is 6.34. The summed E-state index contributed by atoms with van der Waals surface area (Å²) in [6, 6.07) is 21.8. The van der Waals surface area contributed by atoms with Crippen molar-refractivity contribution >= 4 is 40.8 Å². The molecule has 4 aromatic rings. The molecule has 0 aliphatic heterocycles. The number of aromatic carboxylic acids is 1. The summed E-state index contributed by atoms with van der Waals surface area (Å²) < 4.78 is 7.51. The Balaban J connectivity index is 1.52. The quantitative estimate of drug-likeness (QED) is 0.295. The molecule has 1 aromatic heterocycles. The van der Waals surface area contributed by atoms with E-state index in [0.717, 1.165) is 22.3 Å². The smallest absolute Gasteiger partial charge is 0.352 e. The molecular weight excluding hydrogens is 469 g/mol. The highest BCUT2D eigenvalue weighted by atomic mass is 35.5. The maximum Gasteiger partial charge on any atom is 0.352 e. The lowest BCUT2D eigenvalue weighted by atomic mass is 10.1. The monoisotopic (exact) mass is 485 g/mol. The largest absolute Gasteiger partial charge is 0.489 e. The van der Waals surface area contributed by atoms with Gasteiger partial charge in [-0.3, -0.25) is 0 Å². The van der Waals surface area contributed by atoms with Gasteiger partial charge in [0.1, 0.15) is 18.1 Å².